The largest absolute Gasteiger partial charge is 0.345 e. The molecule has 2 aliphatic rings. The first-order valence-corrected chi connectivity index (χ1v) is 16.6. The fourth-order valence-corrected chi connectivity index (χ4v) is 6.62. The van der Waals surface area contributed by atoms with E-state index in [-0.39, 0.29) is 35.2 Å². The summed E-state index contributed by atoms with van der Waals surface area (Å²) in [4.78, 5) is 31.0. The molecule has 2 amide bonds. The van der Waals surface area contributed by atoms with Gasteiger partial charge in [0.05, 0.1) is 17.4 Å². The van der Waals surface area contributed by atoms with Crippen LogP contribution in [0.15, 0.2) is 83.8 Å². The van der Waals surface area contributed by atoms with Crippen molar-refractivity contribution in [3.8, 4) is 0 Å². The highest BCUT2D eigenvalue weighted by molar-refractivity contribution is 7.90. The van der Waals surface area contributed by atoms with Crippen LogP contribution in [-0.2, 0) is 25.8 Å². The van der Waals surface area contributed by atoms with E-state index in [0.717, 1.165) is 66.0 Å². The van der Waals surface area contributed by atoms with Crippen molar-refractivity contribution in [2.75, 3.05) is 32.4 Å². The van der Waals surface area contributed by atoms with Crippen molar-refractivity contribution in [1.82, 2.24) is 15.1 Å². The molecule has 42 heavy (non-hydrogen) atoms. The summed E-state index contributed by atoms with van der Waals surface area (Å²) in [6.07, 6.45) is 6.00. The van der Waals surface area contributed by atoms with Crippen LogP contribution >= 0.6 is 0 Å². The molecule has 5 rings (SSSR count). The number of rotatable bonds is 11. The Hall–Kier alpha value is -3.75. The van der Waals surface area contributed by atoms with Gasteiger partial charge < -0.3 is 15.1 Å². The van der Waals surface area contributed by atoms with Gasteiger partial charge in [0.15, 0.2) is 9.84 Å². The molecule has 8 heteroatoms. The summed E-state index contributed by atoms with van der Waals surface area (Å²) in [5.74, 6) is 0.0334. The molecule has 1 heterocycles. The van der Waals surface area contributed by atoms with Crippen LogP contribution in [0.4, 0.5) is 0 Å². The Bertz CT molecular complexity index is 1640. The van der Waals surface area contributed by atoms with Gasteiger partial charge in [-0.3, -0.25) is 9.59 Å². The Morgan fingerprint density at radius 1 is 0.952 bits per heavy atom. The summed E-state index contributed by atoms with van der Waals surface area (Å²) in [6.45, 7) is 5.30. The second-order valence-electron chi connectivity index (χ2n) is 11.2. The first-order chi connectivity index (χ1) is 20.2. The van der Waals surface area contributed by atoms with E-state index in [2.05, 4.69) is 22.3 Å². The quantitative estimate of drug-likeness (QED) is 0.374. The molecule has 1 aliphatic heterocycles. The number of carbonyl (C=O) groups is 2. The van der Waals surface area contributed by atoms with Gasteiger partial charge >= 0.3 is 0 Å². The molecule has 7 nitrogen and oxygen atoms in total. The number of piperidine rings is 1. The van der Waals surface area contributed by atoms with Gasteiger partial charge in [-0.05, 0) is 66.0 Å². The topological polar surface area (TPSA) is 86.8 Å². The Morgan fingerprint density at radius 2 is 1.62 bits per heavy atom. The zero-order chi connectivity index (χ0) is 29.7. The first-order valence-electron chi connectivity index (χ1n) is 14.7. The van der Waals surface area contributed by atoms with Crippen LogP contribution in [0, 0.1) is 0 Å². The third-order valence-corrected chi connectivity index (χ3v) is 9.53. The van der Waals surface area contributed by atoms with Gasteiger partial charge in [0, 0.05) is 44.0 Å². The van der Waals surface area contributed by atoms with Crippen molar-refractivity contribution in [2.24, 2.45) is 0 Å². The number of hydrogen-bond acceptors (Lipinski definition) is 5. The number of amides is 2. The van der Waals surface area contributed by atoms with Gasteiger partial charge in [-0.1, -0.05) is 66.7 Å². The average Bonchev–Trinajstić information content (AvgIpc) is 2.97. The van der Waals surface area contributed by atoms with Crippen molar-refractivity contribution in [3.63, 3.8) is 0 Å². The summed E-state index contributed by atoms with van der Waals surface area (Å²) >= 11 is 0. The molecule has 1 saturated heterocycles. The minimum absolute atomic E-state index is 0.0377. The average molecular weight is 586 g/mol. The maximum absolute atomic E-state index is 13.2. The molecule has 1 aliphatic carbocycles. The van der Waals surface area contributed by atoms with Crippen molar-refractivity contribution in [1.29, 1.82) is 0 Å². The Kier molecular flexibility index (Phi) is 9.24. The monoisotopic (exact) mass is 585 g/mol. The lowest BCUT2D eigenvalue weighted by Crippen LogP contribution is -2.48. The summed E-state index contributed by atoms with van der Waals surface area (Å²) in [5, 5.41) is 5.39. The number of nitrogens with one attached hydrogen (secondary N) is 1. The SMILES string of the molecule is CCN(C(=O)Cc1ccc(S(C)(=O)=O)cc1)C1CCN(CC[C@H](NC(=O)C2=c3ccccc3=C2)c2ccccc2)CC1. The molecular weight excluding hydrogens is 546 g/mol. The lowest BCUT2D eigenvalue weighted by molar-refractivity contribution is -0.133. The number of carbonyl (C=O) groups excluding carboxylic acids is 2. The highest BCUT2D eigenvalue weighted by Crippen LogP contribution is 2.22. The van der Waals surface area contributed by atoms with Crippen LogP contribution in [0.5, 0.6) is 0 Å². The van der Waals surface area contributed by atoms with Gasteiger partial charge in [-0.15, -0.1) is 0 Å². The van der Waals surface area contributed by atoms with E-state index in [1.807, 2.05) is 60.4 Å². The normalized spacial score (nSPS) is 16.1. The Morgan fingerprint density at radius 3 is 2.26 bits per heavy atom. The van der Waals surface area contributed by atoms with Gasteiger partial charge in [0.2, 0.25) is 5.91 Å². The molecular formula is C34H39N3O4S. The van der Waals surface area contributed by atoms with E-state index in [9.17, 15) is 18.0 Å². The predicted molar refractivity (Wildman–Crippen MR) is 166 cm³/mol. The summed E-state index contributed by atoms with van der Waals surface area (Å²) < 4.78 is 23.5. The van der Waals surface area contributed by atoms with Crippen LogP contribution in [0.3, 0.4) is 0 Å². The summed E-state index contributed by atoms with van der Waals surface area (Å²) in [7, 11) is -3.26. The fraction of sp³-hybridized carbons (Fsp3) is 0.353. The Labute approximate surface area is 248 Å². The number of sulfone groups is 1. The minimum atomic E-state index is -3.26. The van der Waals surface area contributed by atoms with Gasteiger partial charge in [0.1, 0.15) is 0 Å². The van der Waals surface area contributed by atoms with Crippen LogP contribution in [0.25, 0.3) is 11.6 Å². The van der Waals surface area contributed by atoms with Crippen molar-refractivity contribution >= 4 is 33.3 Å². The highest BCUT2D eigenvalue weighted by atomic mass is 32.2. The first kappa shape index (κ1) is 29.7. The van der Waals surface area contributed by atoms with E-state index in [1.165, 1.54) is 6.26 Å². The zero-order valence-corrected chi connectivity index (χ0v) is 25.1. The number of likely N-dealkylation sites (N-methyl/N-ethyl adjacent to an activating group) is 1. The number of likely N-dealkylation sites (tertiary alicyclic amines) is 1. The van der Waals surface area contributed by atoms with Crippen LogP contribution in [0.2, 0.25) is 0 Å². The molecule has 1 atom stereocenters. The molecule has 3 aromatic carbocycles. The second kappa shape index (κ2) is 13.0. The number of hydrogen-bond donors (Lipinski definition) is 1. The van der Waals surface area contributed by atoms with E-state index < -0.39 is 9.84 Å². The van der Waals surface area contributed by atoms with Gasteiger partial charge in [-0.2, -0.15) is 0 Å². The zero-order valence-electron chi connectivity index (χ0n) is 24.3. The molecule has 0 bridgehead atoms. The molecule has 1 N–H and O–H groups in total. The van der Waals surface area contributed by atoms with E-state index in [0.29, 0.717) is 6.54 Å². The van der Waals surface area contributed by atoms with Crippen molar-refractivity contribution in [3.05, 3.63) is 100 Å². The third-order valence-electron chi connectivity index (χ3n) is 8.40. The maximum atomic E-state index is 13.2. The highest BCUT2D eigenvalue weighted by Gasteiger charge is 2.28. The van der Waals surface area contributed by atoms with Gasteiger partial charge in [0.25, 0.3) is 5.91 Å². The van der Waals surface area contributed by atoms with Crippen molar-refractivity contribution in [2.45, 2.75) is 49.6 Å². The second-order valence-corrected chi connectivity index (χ2v) is 13.2. The smallest absolute Gasteiger partial charge is 0.252 e. The van der Waals surface area contributed by atoms with Crippen LogP contribution < -0.4 is 15.8 Å². The third kappa shape index (κ3) is 6.99. The molecule has 3 aromatic rings. The molecule has 0 aromatic heterocycles. The van der Waals surface area contributed by atoms with E-state index in [1.54, 1.807) is 24.3 Å². The fourth-order valence-electron chi connectivity index (χ4n) is 5.99. The molecule has 0 unspecified atom stereocenters. The lowest BCUT2D eigenvalue weighted by Gasteiger charge is -2.38. The molecule has 220 valence electrons. The minimum Gasteiger partial charge on any atom is -0.345 e. The molecule has 0 saturated carbocycles. The van der Waals surface area contributed by atoms with Crippen LogP contribution in [0.1, 0.15) is 43.4 Å². The standard InChI is InChI=1S/C34H39N3O4S/c1-3-37(33(38)23-25-13-15-29(16-14-25)42(2,40)41)28-17-20-36(21-18-28)22-19-32(26-9-5-4-6-10-26)35-34(39)31-24-27-11-7-8-12-30(27)31/h4-16,24,28,32H,3,17-23H2,1-2H3,(H,35,39)/t32-/m0/s1. The molecule has 0 spiro atoms. The maximum Gasteiger partial charge on any atom is 0.252 e. The van der Waals surface area contributed by atoms with Gasteiger partial charge in [-0.25, -0.2) is 8.42 Å². The van der Waals surface area contributed by atoms with Crippen LogP contribution in [-0.4, -0.2) is 68.5 Å². The summed E-state index contributed by atoms with van der Waals surface area (Å²) in [5.41, 5.74) is 2.66. The number of fused-ring (bicyclic) bond motifs is 1. The van der Waals surface area contributed by atoms with E-state index >= 15 is 0 Å². The summed E-state index contributed by atoms with van der Waals surface area (Å²) in [6, 6.07) is 24.8. The Balaban J connectivity index is 1.15. The predicted octanol–water partition coefficient (Wildman–Crippen LogP) is 2.84. The number of nitrogens with zero attached hydrogens (tertiary/aromatic N) is 2. The lowest BCUT2D eigenvalue weighted by atomic mass is 9.97. The van der Waals surface area contributed by atoms with Crippen molar-refractivity contribution < 1.29 is 18.0 Å². The number of benzene rings is 3. The van der Waals surface area contributed by atoms with E-state index in [4.69, 9.17) is 0 Å². The molecule has 0 radical (unpaired) electrons. The molecule has 1 fully saturated rings.